The van der Waals surface area contributed by atoms with Gasteiger partial charge in [0.1, 0.15) is 6.26 Å². The number of hydrogen-bond donors (Lipinski definition) is 0. The van der Waals surface area contributed by atoms with Crippen LogP contribution in [0.4, 0.5) is 0 Å². The summed E-state index contributed by atoms with van der Waals surface area (Å²) in [6.07, 6.45) is 6.54. The lowest BCUT2D eigenvalue weighted by atomic mass is 10.2. The van der Waals surface area contributed by atoms with Crippen molar-refractivity contribution in [3.05, 3.63) is 18.4 Å². The molecule has 2 nitrogen and oxygen atoms in total. The van der Waals surface area contributed by atoms with Gasteiger partial charge in [0.05, 0.1) is 6.20 Å². The molecule has 0 N–H and O–H groups in total. The Morgan fingerprint density at radius 2 is 2.55 bits per heavy atom. The summed E-state index contributed by atoms with van der Waals surface area (Å²) in [6, 6.07) is 0. The van der Waals surface area contributed by atoms with Crippen LogP contribution in [0.5, 0.6) is 0 Å². The number of nitrogens with zero attached hydrogens (tertiary/aromatic N) is 1. The first kappa shape index (κ1) is 8.78. The predicted molar refractivity (Wildman–Crippen MR) is 47.8 cm³/mol. The standard InChI is InChI=1S/C8H12BrNO/c1-2-3-7(9)6-8-10-4-5-11-8/h4-5,7H,2-3,6H2,1H3. The Labute approximate surface area is 75.1 Å². The molecule has 1 rings (SSSR count). The quantitative estimate of drug-likeness (QED) is 0.726. The Morgan fingerprint density at radius 1 is 1.73 bits per heavy atom. The van der Waals surface area contributed by atoms with Crippen molar-refractivity contribution >= 4 is 15.9 Å². The van der Waals surface area contributed by atoms with Gasteiger partial charge < -0.3 is 4.42 Å². The third-order valence-electron chi connectivity index (χ3n) is 1.48. The molecule has 0 saturated carbocycles. The predicted octanol–water partition coefficient (Wildman–Crippen LogP) is 2.78. The van der Waals surface area contributed by atoms with Gasteiger partial charge in [-0.25, -0.2) is 4.98 Å². The average molecular weight is 218 g/mol. The minimum Gasteiger partial charge on any atom is -0.449 e. The van der Waals surface area contributed by atoms with Crippen molar-refractivity contribution < 1.29 is 4.42 Å². The maximum absolute atomic E-state index is 5.11. The second-order valence-corrected chi connectivity index (χ2v) is 3.81. The van der Waals surface area contributed by atoms with Crippen LogP contribution in [0.15, 0.2) is 16.9 Å². The topological polar surface area (TPSA) is 26.0 Å². The molecule has 1 unspecified atom stereocenters. The molecule has 1 heterocycles. The van der Waals surface area contributed by atoms with Gasteiger partial charge in [0.25, 0.3) is 0 Å². The summed E-state index contributed by atoms with van der Waals surface area (Å²) in [4.78, 5) is 4.55. The molecule has 0 aliphatic rings. The number of halogens is 1. The fourth-order valence-corrected chi connectivity index (χ4v) is 1.69. The second-order valence-electron chi connectivity index (χ2n) is 2.52. The summed E-state index contributed by atoms with van der Waals surface area (Å²) in [7, 11) is 0. The number of hydrogen-bond acceptors (Lipinski definition) is 2. The van der Waals surface area contributed by atoms with Crippen molar-refractivity contribution in [1.29, 1.82) is 0 Å². The van der Waals surface area contributed by atoms with Crippen LogP contribution in [0, 0.1) is 0 Å². The summed E-state index contributed by atoms with van der Waals surface area (Å²) in [5.41, 5.74) is 0. The van der Waals surface area contributed by atoms with Crippen molar-refractivity contribution in [2.75, 3.05) is 0 Å². The SMILES string of the molecule is CCCC(Br)Cc1ncco1. The number of alkyl halides is 1. The average Bonchev–Trinajstić information content (AvgIpc) is 2.40. The van der Waals surface area contributed by atoms with E-state index in [4.69, 9.17) is 4.42 Å². The maximum Gasteiger partial charge on any atom is 0.195 e. The molecule has 0 aliphatic carbocycles. The molecule has 0 bridgehead atoms. The van der Waals surface area contributed by atoms with Gasteiger partial charge in [-0.2, -0.15) is 0 Å². The van der Waals surface area contributed by atoms with Crippen LogP contribution in [-0.4, -0.2) is 9.81 Å². The number of oxazole rings is 1. The molecule has 11 heavy (non-hydrogen) atoms. The van der Waals surface area contributed by atoms with Crippen LogP contribution < -0.4 is 0 Å². The van der Waals surface area contributed by atoms with E-state index in [1.54, 1.807) is 12.5 Å². The first-order valence-electron chi connectivity index (χ1n) is 3.85. The van der Waals surface area contributed by atoms with E-state index in [2.05, 4.69) is 27.8 Å². The molecule has 0 aromatic carbocycles. The van der Waals surface area contributed by atoms with E-state index in [0.717, 1.165) is 12.3 Å². The summed E-state index contributed by atoms with van der Waals surface area (Å²) in [6.45, 7) is 2.17. The summed E-state index contributed by atoms with van der Waals surface area (Å²) >= 11 is 3.56. The molecule has 0 radical (unpaired) electrons. The fraction of sp³-hybridized carbons (Fsp3) is 0.625. The van der Waals surface area contributed by atoms with E-state index in [-0.39, 0.29) is 0 Å². The molecule has 0 saturated heterocycles. The highest BCUT2D eigenvalue weighted by Gasteiger charge is 2.06. The molecule has 62 valence electrons. The van der Waals surface area contributed by atoms with Gasteiger partial charge in [0.2, 0.25) is 0 Å². The molecular weight excluding hydrogens is 206 g/mol. The van der Waals surface area contributed by atoms with Crippen LogP contribution in [0.25, 0.3) is 0 Å². The molecule has 0 fully saturated rings. The Kier molecular flexibility index (Phi) is 3.63. The maximum atomic E-state index is 5.11. The largest absolute Gasteiger partial charge is 0.449 e. The monoisotopic (exact) mass is 217 g/mol. The Morgan fingerprint density at radius 3 is 3.09 bits per heavy atom. The number of aromatic nitrogens is 1. The normalized spacial score (nSPS) is 13.3. The van der Waals surface area contributed by atoms with Gasteiger partial charge in [0, 0.05) is 11.2 Å². The molecule has 1 aromatic rings. The molecule has 0 spiro atoms. The van der Waals surface area contributed by atoms with Crippen molar-refractivity contribution in [2.24, 2.45) is 0 Å². The van der Waals surface area contributed by atoms with Gasteiger partial charge in [-0.05, 0) is 6.42 Å². The highest BCUT2D eigenvalue weighted by molar-refractivity contribution is 9.09. The lowest BCUT2D eigenvalue weighted by molar-refractivity contribution is 0.487. The van der Waals surface area contributed by atoms with Gasteiger partial charge >= 0.3 is 0 Å². The van der Waals surface area contributed by atoms with E-state index in [1.807, 2.05) is 0 Å². The van der Waals surface area contributed by atoms with Crippen molar-refractivity contribution in [2.45, 2.75) is 31.0 Å². The van der Waals surface area contributed by atoms with Crippen molar-refractivity contribution in [1.82, 2.24) is 4.98 Å². The van der Waals surface area contributed by atoms with E-state index < -0.39 is 0 Å². The van der Waals surface area contributed by atoms with Gasteiger partial charge in [0.15, 0.2) is 5.89 Å². The van der Waals surface area contributed by atoms with Crippen molar-refractivity contribution in [3.63, 3.8) is 0 Å². The molecule has 3 heteroatoms. The molecule has 0 aliphatic heterocycles. The number of rotatable bonds is 4. The van der Waals surface area contributed by atoms with E-state index in [1.165, 1.54) is 12.8 Å². The van der Waals surface area contributed by atoms with E-state index in [9.17, 15) is 0 Å². The first-order valence-corrected chi connectivity index (χ1v) is 4.77. The molecule has 0 amide bonds. The zero-order valence-corrected chi connectivity index (χ0v) is 8.17. The molecular formula is C8H12BrNO. The second kappa shape index (κ2) is 4.54. The smallest absolute Gasteiger partial charge is 0.195 e. The lowest BCUT2D eigenvalue weighted by Gasteiger charge is -2.03. The van der Waals surface area contributed by atoms with E-state index >= 15 is 0 Å². The first-order chi connectivity index (χ1) is 5.33. The van der Waals surface area contributed by atoms with E-state index in [0.29, 0.717) is 4.83 Å². The Hall–Kier alpha value is -0.310. The summed E-state index contributed by atoms with van der Waals surface area (Å²) < 4.78 is 5.11. The van der Waals surface area contributed by atoms with Crippen LogP contribution in [0.3, 0.4) is 0 Å². The van der Waals surface area contributed by atoms with Crippen LogP contribution >= 0.6 is 15.9 Å². The minimum atomic E-state index is 0.506. The van der Waals surface area contributed by atoms with Gasteiger partial charge in [-0.15, -0.1) is 0 Å². The zero-order valence-electron chi connectivity index (χ0n) is 6.59. The Bertz CT molecular complexity index is 186. The highest BCUT2D eigenvalue weighted by Crippen LogP contribution is 2.13. The van der Waals surface area contributed by atoms with Crippen LogP contribution in [0.2, 0.25) is 0 Å². The highest BCUT2D eigenvalue weighted by atomic mass is 79.9. The minimum absolute atomic E-state index is 0.506. The lowest BCUT2D eigenvalue weighted by Crippen LogP contribution is -2.01. The molecule has 1 aromatic heterocycles. The summed E-state index contributed by atoms with van der Waals surface area (Å²) in [5.74, 6) is 0.820. The van der Waals surface area contributed by atoms with Crippen molar-refractivity contribution in [3.8, 4) is 0 Å². The molecule has 1 atom stereocenters. The van der Waals surface area contributed by atoms with Crippen LogP contribution in [0.1, 0.15) is 25.7 Å². The fourth-order valence-electron chi connectivity index (χ4n) is 0.959. The zero-order chi connectivity index (χ0) is 8.10. The van der Waals surface area contributed by atoms with Gasteiger partial charge in [-0.1, -0.05) is 29.3 Å². The van der Waals surface area contributed by atoms with Crippen LogP contribution in [-0.2, 0) is 6.42 Å². The third-order valence-corrected chi connectivity index (χ3v) is 2.26. The van der Waals surface area contributed by atoms with Gasteiger partial charge in [-0.3, -0.25) is 0 Å². The Balaban J connectivity index is 2.31. The third kappa shape index (κ3) is 3.06. The summed E-state index contributed by atoms with van der Waals surface area (Å²) in [5, 5.41) is 0.